The molecule has 0 amide bonds. The lowest BCUT2D eigenvalue weighted by Crippen LogP contribution is -2.20. The first-order valence-corrected chi connectivity index (χ1v) is 4.38. The van der Waals surface area contributed by atoms with Crippen molar-refractivity contribution < 1.29 is 19.4 Å². The summed E-state index contributed by atoms with van der Waals surface area (Å²) >= 11 is 0. The highest BCUT2D eigenvalue weighted by Crippen LogP contribution is 2.13. The molecule has 4 heteroatoms. The van der Waals surface area contributed by atoms with Gasteiger partial charge in [-0.3, -0.25) is 9.59 Å². The molecule has 0 bridgehead atoms. The molecule has 4 nitrogen and oxygen atoms in total. The number of carboxylic acid groups (broad SMARTS) is 1. The highest BCUT2D eigenvalue weighted by molar-refractivity contribution is 5.74. The second kappa shape index (κ2) is 5.56. The van der Waals surface area contributed by atoms with Gasteiger partial charge in [-0.25, -0.2) is 0 Å². The molecule has 0 fully saturated rings. The molecule has 0 aromatic heterocycles. The van der Waals surface area contributed by atoms with E-state index in [1.54, 1.807) is 20.8 Å². The van der Waals surface area contributed by atoms with Gasteiger partial charge in [-0.1, -0.05) is 13.8 Å². The van der Waals surface area contributed by atoms with Crippen molar-refractivity contribution in [2.24, 2.45) is 11.8 Å². The van der Waals surface area contributed by atoms with Crippen LogP contribution in [-0.2, 0) is 14.3 Å². The maximum Gasteiger partial charge on any atom is 0.308 e. The largest absolute Gasteiger partial charge is 0.481 e. The molecule has 0 heterocycles. The summed E-state index contributed by atoms with van der Waals surface area (Å²) in [6.45, 7) is 5.32. The van der Waals surface area contributed by atoms with Gasteiger partial charge in [0, 0.05) is 0 Å². The average molecular weight is 188 g/mol. The minimum Gasteiger partial charge on any atom is -0.481 e. The SMILES string of the molecule is CCOC(=O)[C@H](C)C[C@@H](C)C(=O)O. The van der Waals surface area contributed by atoms with E-state index in [9.17, 15) is 9.59 Å². The molecule has 76 valence electrons. The van der Waals surface area contributed by atoms with Gasteiger partial charge in [0.15, 0.2) is 0 Å². The molecule has 0 aliphatic rings. The quantitative estimate of drug-likeness (QED) is 0.660. The fraction of sp³-hybridized carbons (Fsp3) is 0.778. The Hall–Kier alpha value is -1.06. The van der Waals surface area contributed by atoms with Crippen molar-refractivity contribution in [2.75, 3.05) is 6.61 Å². The van der Waals surface area contributed by atoms with Crippen molar-refractivity contribution in [3.8, 4) is 0 Å². The Labute approximate surface area is 77.9 Å². The molecule has 0 saturated carbocycles. The van der Waals surface area contributed by atoms with Crippen molar-refractivity contribution in [3.63, 3.8) is 0 Å². The molecule has 1 N–H and O–H groups in total. The minimum atomic E-state index is -0.879. The average Bonchev–Trinajstić information content (AvgIpc) is 2.04. The first kappa shape index (κ1) is 11.9. The number of carbonyl (C=O) groups excluding carboxylic acids is 1. The van der Waals surface area contributed by atoms with Crippen molar-refractivity contribution in [1.29, 1.82) is 0 Å². The van der Waals surface area contributed by atoms with Crippen LogP contribution in [0.4, 0.5) is 0 Å². The summed E-state index contributed by atoms with van der Waals surface area (Å²) in [5.74, 6) is -2.04. The van der Waals surface area contributed by atoms with Gasteiger partial charge >= 0.3 is 11.9 Å². The van der Waals surface area contributed by atoms with Crippen LogP contribution < -0.4 is 0 Å². The van der Waals surface area contributed by atoms with Crippen LogP contribution in [0.1, 0.15) is 27.2 Å². The number of carbonyl (C=O) groups is 2. The Kier molecular flexibility index (Phi) is 5.11. The minimum absolute atomic E-state index is 0.324. The van der Waals surface area contributed by atoms with E-state index in [4.69, 9.17) is 9.84 Å². The lowest BCUT2D eigenvalue weighted by Gasteiger charge is -2.12. The van der Waals surface area contributed by atoms with Gasteiger partial charge in [0.2, 0.25) is 0 Å². The predicted octanol–water partition coefficient (Wildman–Crippen LogP) is 1.30. The Morgan fingerprint density at radius 2 is 1.85 bits per heavy atom. The molecular formula is C9H16O4. The van der Waals surface area contributed by atoms with Crippen LogP contribution in [0.15, 0.2) is 0 Å². The first-order valence-electron chi connectivity index (χ1n) is 4.38. The topological polar surface area (TPSA) is 63.6 Å². The summed E-state index contributed by atoms with van der Waals surface area (Å²) in [5, 5.41) is 8.59. The maximum absolute atomic E-state index is 11.1. The molecule has 2 atom stereocenters. The second-order valence-corrected chi connectivity index (χ2v) is 3.13. The van der Waals surface area contributed by atoms with E-state index < -0.39 is 11.9 Å². The summed E-state index contributed by atoms with van der Waals surface area (Å²) in [5.41, 5.74) is 0. The van der Waals surface area contributed by atoms with Gasteiger partial charge in [0.1, 0.15) is 0 Å². The molecule has 0 unspecified atom stereocenters. The molecule has 0 spiro atoms. The number of rotatable bonds is 5. The van der Waals surface area contributed by atoms with Crippen molar-refractivity contribution in [3.05, 3.63) is 0 Å². The van der Waals surface area contributed by atoms with E-state index in [2.05, 4.69) is 0 Å². The first-order chi connectivity index (χ1) is 5.99. The zero-order valence-electron chi connectivity index (χ0n) is 8.24. The Morgan fingerprint density at radius 3 is 2.23 bits per heavy atom. The zero-order chi connectivity index (χ0) is 10.4. The number of aliphatic carboxylic acids is 1. The van der Waals surface area contributed by atoms with Crippen LogP contribution in [0.2, 0.25) is 0 Å². The Morgan fingerprint density at radius 1 is 1.31 bits per heavy atom. The van der Waals surface area contributed by atoms with Gasteiger partial charge in [0.05, 0.1) is 18.4 Å². The molecule has 0 rings (SSSR count). The van der Waals surface area contributed by atoms with Crippen LogP contribution in [0.5, 0.6) is 0 Å². The van der Waals surface area contributed by atoms with E-state index in [0.717, 1.165) is 0 Å². The van der Waals surface area contributed by atoms with Crippen LogP contribution >= 0.6 is 0 Å². The molecule has 0 saturated heterocycles. The Bertz CT molecular complexity index is 188. The van der Waals surface area contributed by atoms with Crippen LogP contribution in [-0.4, -0.2) is 23.7 Å². The molecule has 0 aliphatic carbocycles. The van der Waals surface area contributed by atoms with E-state index >= 15 is 0 Å². The number of ether oxygens (including phenoxy) is 1. The summed E-state index contributed by atoms with van der Waals surface area (Å²) in [7, 11) is 0. The molecule has 0 radical (unpaired) electrons. The van der Waals surface area contributed by atoms with E-state index in [1.165, 1.54) is 0 Å². The summed E-state index contributed by atoms with van der Waals surface area (Å²) in [6, 6.07) is 0. The number of hydrogen-bond donors (Lipinski definition) is 1. The third-order valence-electron chi connectivity index (χ3n) is 1.82. The standard InChI is InChI=1S/C9H16O4/c1-4-13-9(12)7(3)5-6(2)8(10)11/h6-7H,4-5H2,1-3H3,(H,10,11)/t6-,7-/m1/s1. The fourth-order valence-electron chi connectivity index (χ4n) is 1.01. The second-order valence-electron chi connectivity index (χ2n) is 3.13. The fourth-order valence-corrected chi connectivity index (χ4v) is 1.01. The smallest absolute Gasteiger partial charge is 0.308 e. The van der Waals surface area contributed by atoms with E-state index in [-0.39, 0.29) is 11.9 Å². The van der Waals surface area contributed by atoms with Crippen molar-refractivity contribution in [1.82, 2.24) is 0 Å². The maximum atomic E-state index is 11.1. The lowest BCUT2D eigenvalue weighted by molar-refractivity contribution is -0.149. The van der Waals surface area contributed by atoms with Gasteiger partial charge in [0.25, 0.3) is 0 Å². The molecule has 0 aromatic rings. The molecule has 0 aliphatic heterocycles. The number of esters is 1. The van der Waals surface area contributed by atoms with Gasteiger partial charge in [-0.05, 0) is 13.3 Å². The summed E-state index contributed by atoms with van der Waals surface area (Å²) in [4.78, 5) is 21.5. The monoisotopic (exact) mass is 188 g/mol. The Balaban J connectivity index is 3.92. The summed E-state index contributed by atoms with van der Waals surface area (Å²) in [6.07, 6.45) is 0.328. The number of hydrogen-bond acceptors (Lipinski definition) is 3. The lowest BCUT2D eigenvalue weighted by atomic mass is 9.98. The summed E-state index contributed by atoms with van der Waals surface area (Å²) < 4.78 is 4.75. The molecule has 13 heavy (non-hydrogen) atoms. The third-order valence-corrected chi connectivity index (χ3v) is 1.82. The highest BCUT2D eigenvalue weighted by Gasteiger charge is 2.20. The normalized spacial score (nSPS) is 14.7. The van der Waals surface area contributed by atoms with Gasteiger partial charge < -0.3 is 9.84 Å². The van der Waals surface area contributed by atoms with Gasteiger partial charge in [-0.2, -0.15) is 0 Å². The third kappa shape index (κ3) is 4.50. The zero-order valence-corrected chi connectivity index (χ0v) is 8.24. The van der Waals surface area contributed by atoms with Gasteiger partial charge in [-0.15, -0.1) is 0 Å². The van der Waals surface area contributed by atoms with E-state index in [1.807, 2.05) is 0 Å². The van der Waals surface area contributed by atoms with Crippen LogP contribution in [0.3, 0.4) is 0 Å². The molecular weight excluding hydrogens is 172 g/mol. The van der Waals surface area contributed by atoms with E-state index in [0.29, 0.717) is 13.0 Å². The number of carboxylic acids is 1. The van der Waals surface area contributed by atoms with Crippen molar-refractivity contribution in [2.45, 2.75) is 27.2 Å². The van der Waals surface area contributed by atoms with Crippen molar-refractivity contribution >= 4 is 11.9 Å². The van der Waals surface area contributed by atoms with Crippen LogP contribution in [0, 0.1) is 11.8 Å². The molecule has 0 aromatic carbocycles. The predicted molar refractivity (Wildman–Crippen MR) is 47.2 cm³/mol. The van der Waals surface area contributed by atoms with Crippen LogP contribution in [0.25, 0.3) is 0 Å². The highest BCUT2D eigenvalue weighted by atomic mass is 16.5.